The van der Waals surface area contributed by atoms with Gasteiger partial charge in [0.05, 0.1) is 0 Å². The Morgan fingerprint density at radius 3 is 2.63 bits per heavy atom. The zero-order valence-corrected chi connectivity index (χ0v) is 15.4. The minimum Gasteiger partial charge on any atom is -0.445 e. The molecule has 0 aliphatic heterocycles. The molecule has 0 unspecified atom stereocenters. The van der Waals surface area contributed by atoms with Crippen LogP contribution in [0.5, 0.6) is 0 Å². The number of hydrogen-bond donors (Lipinski definition) is 2. The van der Waals surface area contributed by atoms with Crippen molar-refractivity contribution in [2.45, 2.75) is 13.2 Å². The maximum atomic E-state index is 11.9. The molecule has 2 N–H and O–H groups in total. The van der Waals surface area contributed by atoms with Gasteiger partial charge in [0.2, 0.25) is 5.91 Å². The maximum Gasteiger partial charge on any atom is 0.407 e. The van der Waals surface area contributed by atoms with Gasteiger partial charge in [-0.1, -0.05) is 30.3 Å². The van der Waals surface area contributed by atoms with Crippen LogP contribution in [0.25, 0.3) is 11.1 Å². The second-order valence-electron chi connectivity index (χ2n) is 5.79. The summed E-state index contributed by atoms with van der Waals surface area (Å²) in [6.07, 6.45) is 2.87. The van der Waals surface area contributed by atoms with Gasteiger partial charge >= 0.3 is 6.09 Å². The summed E-state index contributed by atoms with van der Waals surface area (Å²) in [4.78, 5) is 27.8. The molecule has 0 bridgehead atoms. The second-order valence-corrected chi connectivity index (χ2v) is 6.57. The lowest BCUT2D eigenvalue weighted by molar-refractivity contribution is -0.120. The van der Waals surface area contributed by atoms with Gasteiger partial charge in [-0.15, -0.1) is 0 Å². The number of nitrogens with one attached hydrogen (secondary N) is 2. The Labute approximate surface area is 161 Å². The van der Waals surface area contributed by atoms with E-state index in [1.54, 1.807) is 23.7 Å². The predicted octanol–water partition coefficient (Wildman–Crippen LogP) is 3.35. The lowest BCUT2D eigenvalue weighted by Gasteiger charge is -2.08. The number of carbonyl (C=O) groups is 2. The molecule has 27 heavy (non-hydrogen) atoms. The van der Waals surface area contributed by atoms with Crippen molar-refractivity contribution in [3.8, 4) is 11.1 Å². The van der Waals surface area contributed by atoms with Crippen molar-refractivity contribution in [3.63, 3.8) is 0 Å². The van der Waals surface area contributed by atoms with Gasteiger partial charge in [0.15, 0.2) is 0 Å². The summed E-state index contributed by atoms with van der Waals surface area (Å²) in [5.41, 5.74) is 3.88. The van der Waals surface area contributed by atoms with Gasteiger partial charge in [-0.3, -0.25) is 9.78 Å². The van der Waals surface area contributed by atoms with E-state index in [1.165, 1.54) is 0 Å². The van der Waals surface area contributed by atoms with E-state index in [1.807, 2.05) is 53.2 Å². The first-order valence-corrected chi connectivity index (χ1v) is 9.33. The number of benzene rings is 1. The number of pyridine rings is 1. The molecule has 0 aliphatic rings. The summed E-state index contributed by atoms with van der Waals surface area (Å²) in [5.74, 6) is -0.299. The molecule has 0 radical (unpaired) electrons. The standard InChI is InChI=1S/C20H19N3O3S/c24-19(12-23-20(25)26-13-15-4-2-1-3-5-15)22-10-16-8-18(11-21-9-16)17-6-7-27-14-17/h1-9,11,14H,10,12-13H2,(H,22,24)(H,23,25). The molecular formula is C20H19N3O3S. The van der Waals surface area contributed by atoms with Gasteiger partial charge in [-0.2, -0.15) is 11.3 Å². The monoisotopic (exact) mass is 381 g/mol. The normalized spacial score (nSPS) is 10.2. The minimum absolute atomic E-state index is 0.148. The molecule has 1 aromatic carbocycles. The van der Waals surface area contributed by atoms with Crippen molar-refractivity contribution in [3.05, 3.63) is 76.7 Å². The molecule has 2 amide bonds. The molecule has 2 heterocycles. The predicted molar refractivity (Wildman–Crippen MR) is 104 cm³/mol. The number of amides is 2. The highest BCUT2D eigenvalue weighted by Crippen LogP contribution is 2.21. The van der Waals surface area contributed by atoms with Crippen LogP contribution in [0.15, 0.2) is 65.6 Å². The van der Waals surface area contributed by atoms with Crippen LogP contribution in [0.1, 0.15) is 11.1 Å². The van der Waals surface area contributed by atoms with Crippen molar-refractivity contribution < 1.29 is 14.3 Å². The molecule has 138 valence electrons. The molecule has 2 aromatic heterocycles. The molecular weight excluding hydrogens is 362 g/mol. The zero-order valence-electron chi connectivity index (χ0n) is 14.6. The van der Waals surface area contributed by atoms with Gasteiger partial charge in [-0.05, 0) is 39.6 Å². The Bertz CT molecular complexity index is 883. The van der Waals surface area contributed by atoms with Crippen molar-refractivity contribution in [1.82, 2.24) is 15.6 Å². The van der Waals surface area contributed by atoms with Crippen LogP contribution in [0.4, 0.5) is 4.79 Å². The first-order valence-electron chi connectivity index (χ1n) is 8.38. The van der Waals surface area contributed by atoms with E-state index in [2.05, 4.69) is 15.6 Å². The average molecular weight is 381 g/mol. The van der Waals surface area contributed by atoms with E-state index in [0.29, 0.717) is 6.54 Å². The van der Waals surface area contributed by atoms with Gasteiger partial charge < -0.3 is 15.4 Å². The number of hydrogen-bond acceptors (Lipinski definition) is 5. The molecule has 0 saturated carbocycles. The molecule has 0 spiro atoms. The first-order chi connectivity index (χ1) is 13.2. The van der Waals surface area contributed by atoms with Gasteiger partial charge in [0.25, 0.3) is 0 Å². The van der Waals surface area contributed by atoms with E-state index >= 15 is 0 Å². The molecule has 3 aromatic rings. The summed E-state index contributed by atoms with van der Waals surface area (Å²) < 4.78 is 5.06. The van der Waals surface area contributed by atoms with Crippen LogP contribution < -0.4 is 10.6 Å². The summed E-state index contributed by atoms with van der Waals surface area (Å²) >= 11 is 1.62. The van der Waals surface area contributed by atoms with Crippen LogP contribution in [0, 0.1) is 0 Å². The first kappa shape index (κ1) is 18.6. The summed E-state index contributed by atoms with van der Waals surface area (Å²) in [6.45, 7) is 0.352. The van der Waals surface area contributed by atoms with Crippen LogP contribution in [0.3, 0.4) is 0 Å². The number of rotatable bonds is 7. The van der Waals surface area contributed by atoms with Crippen LogP contribution in [-0.2, 0) is 22.7 Å². The Hall–Kier alpha value is -3.19. The molecule has 0 aliphatic carbocycles. The highest BCUT2D eigenvalue weighted by molar-refractivity contribution is 7.08. The smallest absolute Gasteiger partial charge is 0.407 e. The number of nitrogens with zero attached hydrogens (tertiary/aromatic N) is 1. The Balaban J connectivity index is 1.39. The van der Waals surface area contributed by atoms with E-state index in [9.17, 15) is 9.59 Å². The van der Waals surface area contributed by atoms with Gasteiger partial charge in [0.1, 0.15) is 13.2 Å². The van der Waals surface area contributed by atoms with Crippen molar-refractivity contribution in [2.75, 3.05) is 6.54 Å². The maximum absolute atomic E-state index is 11.9. The van der Waals surface area contributed by atoms with E-state index in [4.69, 9.17) is 4.74 Å². The van der Waals surface area contributed by atoms with E-state index in [0.717, 1.165) is 22.3 Å². The van der Waals surface area contributed by atoms with Crippen molar-refractivity contribution in [2.24, 2.45) is 0 Å². The molecule has 0 fully saturated rings. The molecule has 0 saturated heterocycles. The van der Waals surface area contributed by atoms with Crippen molar-refractivity contribution >= 4 is 23.3 Å². The molecule has 3 rings (SSSR count). The summed E-state index contributed by atoms with van der Waals surface area (Å²) in [5, 5.41) is 9.24. The Morgan fingerprint density at radius 1 is 1.00 bits per heavy atom. The fraction of sp³-hybridized carbons (Fsp3) is 0.150. The van der Waals surface area contributed by atoms with Crippen LogP contribution in [0.2, 0.25) is 0 Å². The lowest BCUT2D eigenvalue weighted by Crippen LogP contribution is -2.36. The molecule has 7 heteroatoms. The topological polar surface area (TPSA) is 80.3 Å². The van der Waals surface area contributed by atoms with Crippen molar-refractivity contribution in [1.29, 1.82) is 0 Å². The number of aromatic nitrogens is 1. The van der Waals surface area contributed by atoms with Crippen LogP contribution in [-0.4, -0.2) is 23.5 Å². The Morgan fingerprint density at radius 2 is 1.85 bits per heavy atom. The Kier molecular flexibility index (Phi) is 6.54. The number of alkyl carbamates (subject to hydrolysis) is 1. The number of ether oxygens (including phenoxy) is 1. The quantitative estimate of drug-likeness (QED) is 0.658. The third-order valence-electron chi connectivity index (χ3n) is 3.75. The number of thiophene rings is 1. The third-order valence-corrected chi connectivity index (χ3v) is 4.43. The SMILES string of the molecule is O=C(CNC(=O)OCc1ccccc1)NCc1cncc(-c2ccsc2)c1. The van der Waals surface area contributed by atoms with Crippen LogP contribution >= 0.6 is 11.3 Å². The summed E-state index contributed by atoms with van der Waals surface area (Å²) in [6, 6.07) is 13.3. The fourth-order valence-corrected chi connectivity index (χ4v) is 3.03. The van der Waals surface area contributed by atoms with Gasteiger partial charge in [-0.25, -0.2) is 4.79 Å². The van der Waals surface area contributed by atoms with E-state index < -0.39 is 6.09 Å². The lowest BCUT2D eigenvalue weighted by atomic mass is 10.1. The second kappa shape index (κ2) is 9.49. The highest BCUT2D eigenvalue weighted by Gasteiger charge is 2.07. The minimum atomic E-state index is -0.630. The van der Waals surface area contributed by atoms with E-state index in [-0.39, 0.29) is 19.1 Å². The van der Waals surface area contributed by atoms with Gasteiger partial charge in [0, 0.05) is 24.5 Å². The fourth-order valence-electron chi connectivity index (χ4n) is 2.36. The largest absolute Gasteiger partial charge is 0.445 e. The average Bonchev–Trinajstić information content (AvgIpc) is 3.25. The molecule has 0 atom stereocenters. The summed E-state index contributed by atoms with van der Waals surface area (Å²) in [7, 11) is 0. The number of carbonyl (C=O) groups excluding carboxylic acids is 2. The highest BCUT2D eigenvalue weighted by atomic mass is 32.1. The zero-order chi connectivity index (χ0) is 18.9. The third kappa shape index (κ3) is 5.93. The molecule has 6 nitrogen and oxygen atoms in total.